The van der Waals surface area contributed by atoms with Crippen LogP contribution in [-0.2, 0) is 0 Å². The molecule has 5 nitrogen and oxygen atoms in total. The van der Waals surface area contributed by atoms with Gasteiger partial charge in [0.15, 0.2) is 5.15 Å². The minimum atomic E-state index is -0.316. The number of benzene rings is 2. The lowest BCUT2D eigenvalue weighted by Gasteiger charge is -2.09. The average molecular weight is 347 g/mol. The molecule has 0 radical (unpaired) electrons. The van der Waals surface area contributed by atoms with E-state index in [0.29, 0.717) is 15.9 Å². The second kappa shape index (κ2) is 6.73. The lowest BCUT2D eigenvalue weighted by atomic mass is 10.3. The van der Waals surface area contributed by atoms with Crippen molar-refractivity contribution < 1.29 is 4.79 Å². The maximum absolute atomic E-state index is 11.9. The first-order chi connectivity index (χ1) is 11.1. The lowest BCUT2D eigenvalue weighted by molar-refractivity contribution is 0.262. The van der Waals surface area contributed by atoms with Crippen molar-refractivity contribution in [2.75, 3.05) is 10.6 Å². The molecular formula is C16H12Cl2N4O. The van der Waals surface area contributed by atoms with Gasteiger partial charge in [0.1, 0.15) is 0 Å². The normalized spacial score (nSPS) is 10.3. The zero-order chi connectivity index (χ0) is 16.2. The Bertz CT molecular complexity index is 816. The zero-order valence-electron chi connectivity index (χ0n) is 11.8. The summed E-state index contributed by atoms with van der Waals surface area (Å²) in [5, 5.41) is 10.3. The number of hydrogen-bond donors (Lipinski definition) is 2. The van der Waals surface area contributed by atoms with Crippen LogP contribution in [0.15, 0.2) is 60.8 Å². The number of amides is 2. The first-order valence-corrected chi connectivity index (χ1v) is 7.51. The average Bonchev–Trinajstić information content (AvgIpc) is 2.89. The summed E-state index contributed by atoms with van der Waals surface area (Å²) >= 11 is 11.9. The third kappa shape index (κ3) is 3.64. The van der Waals surface area contributed by atoms with Crippen LogP contribution in [0.5, 0.6) is 0 Å². The molecule has 3 aromatic rings. The Hall–Kier alpha value is -2.50. The molecule has 0 spiro atoms. The van der Waals surface area contributed by atoms with E-state index in [2.05, 4.69) is 15.7 Å². The van der Waals surface area contributed by atoms with Crippen LogP contribution in [0, 0.1) is 0 Å². The number of rotatable bonds is 3. The summed E-state index contributed by atoms with van der Waals surface area (Å²) in [6, 6.07) is 16.0. The molecule has 7 heteroatoms. The fourth-order valence-corrected chi connectivity index (χ4v) is 2.31. The summed E-state index contributed by atoms with van der Waals surface area (Å²) in [7, 11) is 0. The smallest absolute Gasteiger partial charge is 0.308 e. The van der Waals surface area contributed by atoms with E-state index in [0.717, 1.165) is 11.4 Å². The van der Waals surface area contributed by atoms with E-state index in [1.165, 1.54) is 10.9 Å². The largest absolute Gasteiger partial charge is 0.323 e. The minimum absolute atomic E-state index is 0.316. The number of halogens is 2. The summed E-state index contributed by atoms with van der Waals surface area (Å²) < 4.78 is 1.51. The van der Waals surface area contributed by atoms with Gasteiger partial charge in [-0.2, -0.15) is 5.10 Å². The van der Waals surface area contributed by atoms with E-state index in [9.17, 15) is 4.79 Å². The molecule has 0 aliphatic rings. The van der Waals surface area contributed by atoms with Gasteiger partial charge in [-0.15, -0.1) is 0 Å². The molecule has 0 bridgehead atoms. The van der Waals surface area contributed by atoms with Gasteiger partial charge < -0.3 is 10.6 Å². The molecule has 0 unspecified atom stereocenters. The summed E-state index contributed by atoms with van der Waals surface area (Å²) in [6.45, 7) is 0. The van der Waals surface area contributed by atoms with Crippen molar-refractivity contribution in [1.82, 2.24) is 9.78 Å². The molecule has 0 saturated carbocycles. The fourth-order valence-electron chi connectivity index (χ4n) is 1.99. The van der Waals surface area contributed by atoms with Crippen molar-refractivity contribution in [2.24, 2.45) is 0 Å². The fraction of sp³-hybridized carbons (Fsp3) is 0. The van der Waals surface area contributed by atoms with Gasteiger partial charge in [-0.3, -0.25) is 0 Å². The van der Waals surface area contributed by atoms with Gasteiger partial charge in [-0.1, -0.05) is 41.4 Å². The summed E-state index contributed by atoms with van der Waals surface area (Å²) in [6.07, 6.45) is 1.48. The third-order valence-electron chi connectivity index (χ3n) is 3.07. The third-order valence-corrected chi connectivity index (χ3v) is 3.81. The molecule has 2 aromatic carbocycles. The maximum atomic E-state index is 11.9. The number of carbonyl (C=O) groups excluding carboxylic acids is 1. The molecular weight excluding hydrogens is 335 g/mol. The summed E-state index contributed by atoms with van der Waals surface area (Å²) in [5.74, 6) is 0. The van der Waals surface area contributed by atoms with Crippen LogP contribution < -0.4 is 10.6 Å². The molecule has 0 saturated heterocycles. The number of aromatic nitrogens is 2. The van der Waals surface area contributed by atoms with Crippen LogP contribution in [0.2, 0.25) is 10.2 Å². The molecule has 3 rings (SSSR count). The molecule has 2 amide bonds. The van der Waals surface area contributed by atoms with E-state index in [4.69, 9.17) is 23.2 Å². The molecule has 116 valence electrons. The van der Waals surface area contributed by atoms with Gasteiger partial charge in [0.05, 0.1) is 16.9 Å². The Morgan fingerprint density at radius 1 is 0.913 bits per heavy atom. The van der Waals surface area contributed by atoms with E-state index < -0.39 is 0 Å². The predicted octanol–water partition coefficient (Wildman–Crippen LogP) is 4.82. The zero-order valence-corrected chi connectivity index (χ0v) is 13.3. The standard InChI is InChI=1S/C16H12Cl2N4O/c17-14-10-19-22(15(14)18)13-8-6-12(7-9-13)21-16(23)20-11-4-2-1-3-5-11/h1-10H,(H2,20,21,23). The van der Waals surface area contributed by atoms with Crippen molar-refractivity contribution in [3.63, 3.8) is 0 Å². The molecule has 0 aliphatic heterocycles. The molecule has 2 N–H and O–H groups in total. The Balaban J connectivity index is 1.68. The van der Waals surface area contributed by atoms with Crippen molar-refractivity contribution in [3.05, 3.63) is 71.0 Å². The quantitative estimate of drug-likeness (QED) is 0.713. The van der Waals surface area contributed by atoms with Crippen LogP contribution >= 0.6 is 23.2 Å². The maximum Gasteiger partial charge on any atom is 0.323 e. The van der Waals surface area contributed by atoms with Crippen LogP contribution in [0.25, 0.3) is 5.69 Å². The number of nitrogens with one attached hydrogen (secondary N) is 2. The molecule has 0 atom stereocenters. The van der Waals surface area contributed by atoms with Crippen molar-refractivity contribution in [2.45, 2.75) is 0 Å². The van der Waals surface area contributed by atoms with Gasteiger partial charge in [0, 0.05) is 11.4 Å². The lowest BCUT2D eigenvalue weighted by Crippen LogP contribution is -2.19. The highest BCUT2D eigenvalue weighted by Crippen LogP contribution is 2.24. The Labute approximate surface area is 142 Å². The summed E-state index contributed by atoms with van der Waals surface area (Å²) in [5.41, 5.74) is 2.12. The van der Waals surface area contributed by atoms with Gasteiger partial charge in [0.2, 0.25) is 0 Å². The molecule has 0 aliphatic carbocycles. The van der Waals surface area contributed by atoms with Crippen LogP contribution in [0.4, 0.5) is 16.2 Å². The minimum Gasteiger partial charge on any atom is -0.308 e. The van der Waals surface area contributed by atoms with E-state index in [1.54, 1.807) is 24.3 Å². The highest BCUT2D eigenvalue weighted by Gasteiger charge is 2.08. The topological polar surface area (TPSA) is 59.0 Å². The van der Waals surface area contributed by atoms with Crippen molar-refractivity contribution in [1.29, 1.82) is 0 Å². The number of para-hydroxylation sites is 1. The van der Waals surface area contributed by atoms with Crippen LogP contribution in [0.1, 0.15) is 0 Å². The van der Waals surface area contributed by atoms with Gasteiger partial charge in [-0.05, 0) is 36.4 Å². The molecule has 0 fully saturated rings. The number of hydrogen-bond acceptors (Lipinski definition) is 2. The second-order valence-electron chi connectivity index (χ2n) is 4.69. The monoisotopic (exact) mass is 346 g/mol. The van der Waals surface area contributed by atoms with Crippen LogP contribution in [-0.4, -0.2) is 15.8 Å². The van der Waals surface area contributed by atoms with E-state index >= 15 is 0 Å². The molecule has 1 heterocycles. The van der Waals surface area contributed by atoms with Crippen LogP contribution in [0.3, 0.4) is 0 Å². The first kappa shape index (κ1) is 15.4. The number of nitrogens with zero attached hydrogens (tertiary/aromatic N) is 2. The van der Waals surface area contributed by atoms with Gasteiger partial charge in [-0.25, -0.2) is 9.48 Å². The summed E-state index contributed by atoms with van der Waals surface area (Å²) in [4.78, 5) is 11.9. The van der Waals surface area contributed by atoms with Crippen molar-refractivity contribution >= 4 is 40.6 Å². The van der Waals surface area contributed by atoms with E-state index in [1.807, 2.05) is 30.3 Å². The Morgan fingerprint density at radius 2 is 1.52 bits per heavy atom. The number of anilines is 2. The SMILES string of the molecule is O=C(Nc1ccccc1)Nc1ccc(-n2ncc(Cl)c2Cl)cc1. The molecule has 23 heavy (non-hydrogen) atoms. The first-order valence-electron chi connectivity index (χ1n) is 6.76. The van der Waals surface area contributed by atoms with Gasteiger partial charge in [0.25, 0.3) is 0 Å². The predicted molar refractivity (Wildman–Crippen MR) is 92.7 cm³/mol. The van der Waals surface area contributed by atoms with Crippen molar-refractivity contribution in [3.8, 4) is 5.69 Å². The van der Waals surface area contributed by atoms with E-state index in [-0.39, 0.29) is 6.03 Å². The molecule has 1 aromatic heterocycles. The Morgan fingerprint density at radius 3 is 2.09 bits per heavy atom. The highest BCUT2D eigenvalue weighted by molar-refractivity contribution is 6.41. The number of urea groups is 1. The number of carbonyl (C=O) groups is 1. The van der Waals surface area contributed by atoms with Gasteiger partial charge >= 0.3 is 6.03 Å². The Kier molecular flexibility index (Phi) is 4.50. The highest BCUT2D eigenvalue weighted by atomic mass is 35.5. The second-order valence-corrected chi connectivity index (χ2v) is 5.45.